The van der Waals surface area contributed by atoms with Crippen LogP contribution in [0.5, 0.6) is 6.01 Å². The summed E-state index contributed by atoms with van der Waals surface area (Å²) in [4.78, 5) is 15.0. The van der Waals surface area contributed by atoms with Crippen LogP contribution in [0.3, 0.4) is 0 Å². The van der Waals surface area contributed by atoms with Crippen molar-refractivity contribution in [3.8, 4) is 6.01 Å². The fourth-order valence-corrected chi connectivity index (χ4v) is 2.87. The van der Waals surface area contributed by atoms with E-state index in [1.54, 1.807) is 25.1 Å². The number of aromatic nitrogens is 4. The summed E-state index contributed by atoms with van der Waals surface area (Å²) in [6.45, 7) is 7.44. The Labute approximate surface area is 140 Å². The average Bonchev–Trinajstić information content (AvgIpc) is 2.98. The van der Waals surface area contributed by atoms with Gasteiger partial charge in [0.25, 0.3) is 0 Å². The van der Waals surface area contributed by atoms with Crippen LogP contribution in [0, 0.1) is 6.92 Å². The van der Waals surface area contributed by atoms with Gasteiger partial charge in [0.05, 0.1) is 18.9 Å². The molecular formula is C15H23N5O2S. The van der Waals surface area contributed by atoms with Gasteiger partial charge in [-0.05, 0) is 26.6 Å². The van der Waals surface area contributed by atoms with Gasteiger partial charge in [0.15, 0.2) is 5.82 Å². The summed E-state index contributed by atoms with van der Waals surface area (Å²) in [6, 6.07) is 0.387. The van der Waals surface area contributed by atoms with Gasteiger partial charge < -0.3 is 9.26 Å². The van der Waals surface area contributed by atoms with Crippen molar-refractivity contribution in [2.75, 3.05) is 19.9 Å². The van der Waals surface area contributed by atoms with Crippen LogP contribution in [-0.2, 0) is 13.1 Å². The molecule has 126 valence electrons. The molecule has 0 aliphatic carbocycles. The zero-order valence-electron chi connectivity index (χ0n) is 14.2. The Morgan fingerprint density at radius 3 is 2.78 bits per heavy atom. The molecule has 0 bridgehead atoms. The van der Waals surface area contributed by atoms with Crippen LogP contribution in [0.25, 0.3) is 0 Å². The van der Waals surface area contributed by atoms with Gasteiger partial charge in [-0.15, -0.1) is 0 Å². The number of hydrogen-bond acceptors (Lipinski definition) is 8. The van der Waals surface area contributed by atoms with Crippen molar-refractivity contribution in [1.29, 1.82) is 0 Å². The maximum atomic E-state index is 5.34. The Balaban J connectivity index is 1.95. The van der Waals surface area contributed by atoms with Crippen LogP contribution < -0.4 is 4.74 Å². The Hall–Kier alpha value is -1.67. The minimum absolute atomic E-state index is 0.250. The highest BCUT2D eigenvalue weighted by molar-refractivity contribution is 7.99. The molecule has 1 atom stereocenters. The molecule has 0 aliphatic rings. The Morgan fingerprint density at radius 2 is 2.13 bits per heavy atom. The van der Waals surface area contributed by atoms with Crippen LogP contribution >= 0.6 is 11.8 Å². The number of nitrogens with zero attached hydrogens (tertiary/aromatic N) is 5. The van der Waals surface area contributed by atoms with Crippen molar-refractivity contribution >= 4 is 11.8 Å². The second-order valence-electron chi connectivity index (χ2n) is 5.28. The van der Waals surface area contributed by atoms with E-state index in [1.807, 2.05) is 14.0 Å². The summed E-state index contributed by atoms with van der Waals surface area (Å²) < 4.78 is 10.4. The fourth-order valence-electron chi connectivity index (χ4n) is 2.12. The molecule has 0 radical (unpaired) electrons. The number of aryl methyl sites for hydroxylation is 1. The van der Waals surface area contributed by atoms with Gasteiger partial charge >= 0.3 is 6.01 Å². The largest absolute Gasteiger partial charge is 0.467 e. The molecule has 2 aromatic rings. The summed E-state index contributed by atoms with van der Waals surface area (Å²) >= 11 is 1.80. The van der Waals surface area contributed by atoms with E-state index >= 15 is 0 Å². The predicted molar refractivity (Wildman–Crippen MR) is 89.3 cm³/mol. The molecule has 0 saturated heterocycles. The molecule has 23 heavy (non-hydrogen) atoms. The van der Waals surface area contributed by atoms with E-state index in [0.29, 0.717) is 25.0 Å². The van der Waals surface area contributed by atoms with Crippen LogP contribution in [0.1, 0.15) is 42.1 Å². The Kier molecular flexibility index (Phi) is 6.35. The molecular weight excluding hydrogens is 314 g/mol. The lowest BCUT2D eigenvalue weighted by atomic mass is 10.2. The summed E-state index contributed by atoms with van der Waals surface area (Å²) in [5.74, 6) is 2.41. The molecule has 1 unspecified atom stereocenters. The van der Waals surface area contributed by atoms with Crippen molar-refractivity contribution in [1.82, 2.24) is 25.0 Å². The molecule has 0 aromatic carbocycles. The van der Waals surface area contributed by atoms with Crippen LogP contribution in [0.15, 0.2) is 10.7 Å². The smallest absolute Gasteiger partial charge is 0.316 e. The average molecular weight is 337 g/mol. The summed E-state index contributed by atoms with van der Waals surface area (Å²) in [7, 11) is 3.56. The lowest BCUT2D eigenvalue weighted by Crippen LogP contribution is -2.18. The monoisotopic (exact) mass is 337 g/mol. The number of methoxy groups -OCH3 is 1. The molecule has 7 nitrogen and oxygen atoms in total. The van der Waals surface area contributed by atoms with Crippen LogP contribution in [0.4, 0.5) is 0 Å². The van der Waals surface area contributed by atoms with E-state index in [9.17, 15) is 0 Å². The Morgan fingerprint density at radius 1 is 1.35 bits per heavy atom. The number of ether oxygens (including phenoxy) is 1. The molecule has 2 heterocycles. The first-order chi connectivity index (χ1) is 11.0. The third kappa shape index (κ3) is 4.90. The maximum absolute atomic E-state index is 5.34. The minimum Gasteiger partial charge on any atom is -0.467 e. The van der Waals surface area contributed by atoms with Gasteiger partial charge in [-0.2, -0.15) is 16.7 Å². The van der Waals surface area contributed by atoms with Gasteiger partial charge in [-0.1, -0.05) is 12.1 Å². The second kappa shape index (κ2) is 8.26. The van der Waals surface area contributed by atoms with Crippen LogP contribution in [-0.4, -0.2) is 44.9 Å². The molecule has 0 amide bonds. The maximum Gasteiger partial charge on any atom is 0.316 e. The van der Waals surface area contributed by atoms with Gasteiger partial charge in [0, 0.05) is 24.0 Å². The molecule has 0 spiro atoms. The standard InChI is InChI=1S/C15H23N5O2S/c1-6-23-11(3)14-18-13(22-19-14)9-20(4)8-12-7-16-15(21-5)17-10(12)2/h7,11H,6,8-9H2,1-5H3. The minimum atomic E-state index is 0.250. The molecule has 2 rings (SSSR count). The molecule has 0 N–H and O–H groups in total. The van der Waals surface area contributed by atoms with Gasteiger partial charge in [-0.25, -0.2) is 9.97 Å². The van der Waals surface area contributed by atoms with Crippen molar-refractivity contribution in [2.45, 2.75) is 39.1 Å². The highest BCUT2D eigenvalue weighted by Gasteiger charge is 2.15. The molecule has 0 saturated carbocycles. The summed E-state index contributed by atoms with van der Waals surface area (Å²) in [5.41, 5.74) is 1.95. The van der Waals surface area contributed by atoms with E-state index in [-0.39, 0.29) is 5.25 Å². The van der Waals surface area contributed by atoms with Gasteiger partial charge in [0.2, 0.25) is 5.89 Å². The highest BCUT2D eigenvalue weighted by Crippen LogP contribution is 2.25. The first kappa shape index (κ1) is 17.7. The van der Waals surface area contributed by atoms with Crippen molar-refractivity contribution < 1.29 is 9.26 Å². The molecule has 2 aromatic heterocycles. The van der Waals surface area contributed by atoms with Crippen molar-refractivity contribution in [2.24, 2.45) is 0 Å². The van der Waals surface area contributed by atoms with E-state index in [0.717, 1.165) is 22.8 Å². The van der Waals surface area contributed by atoms with E-state index in [4.69, 9.17) is 9.26 Å². The van der Waals surface area contributed by atoms with Gasteiger partial charge in [-0.3, -0.25) is 4.90 Å². The molecule has 0 aliphatic heterocycles. The van der Waals surface area contributed by atoms with Crippen LogP contribution in [0.2, 0.25) is 0 Å². The lowest BCUT2D eigenvalue weighted by molar-refractivity contribution is 0.259. The number of rotatable bonds is 8. The highest BCUT2D eigenvalue weighted by atomic mass is 32.2. The third-order valence-corrected chi connectivity index (χ3v) is 4.40. The van der Waals surface area contributed by atoms with Gasteiger partial charge in [0.1, 0.15) is 0 Å². The third-order valence-electron chi connectivity index (χ3n) is 3.35. The topological polar surface area (TPSA) is 77.2 Å². The molecule has 8 heteroatoms. The van der Waals surface area contributed by atoms with E-state index < -0.39 is 0 Å². The Bertz CT molecular complexity index is 634. The SMILES string of the molecule is CCSC(C)c1noc(CN(C)Cc2cnc(OC)nc2C)n1. The number of thioether (sulfide) groups is 1. The van der Waals surface area contributed by atoms with E-state index in [2.05, 4.69) is 38.9 Å². The first-order valence-corrected chi connectivity index (χ1v) is 8.57. The first-order valence-electron chi connectivity index (χ1n) is 7.52. The zero-order chi connectivity index (χ0) is 16.8. The van der Waals surface area contributed by atoms with Crippen molar-refractivity contribution in [3.05, 3.63) is 29.2 Å². The number of hydrogen-bond donors (Lipinski definition) is 0. The van der Waals surface area contributed by atoms with E-state index in [1.165, 1.54) is 0 Å². The van der Waals surface area contributed by atoms with Crippen molar-refractivity contribution in [3.63, 3.8) is 0 Å². The summed E-state index contributed by atoms with van der Waals surface area (Å²) in [5, 5.41) is 4.31. The fraction of sp³-hybridized carbons (Fsp3) is 0.600. The zero-order valence-corrected chi connectivity index (χ0v) is 15.1. The lowest BCUT2D eigenvalue weighted by Gasteiger charge is -2.15. The predicted octanol–water partition coefficient (Wildman–Crippen LogP) is 2.62. The summed E-state index contributed by atoms with van der Waals surface area (Å²) in [6.07, 6.45) is 1.79. The molecule has 0 fully saturated rings. The second-order valence-corrected chi connectivity index (χ2v) is 6.90. The quantitative estimate of drug-likeness (QED) is 0.727. The normalized spacial score (nSPS) is 12.6.